The van der Waals surface area contributed by atoms with Gasteiger partial charge in [-0.2, -0.15) is 18.7 Å². The monoisotopic (exact) mass is 470 g/mol. The molecule has 0 saturated heterocycles. The van der Waals surface area contributed by atoms with Crippen LogP contribution in [0, 0.1) is 25.1 Å². The number of alkyl halides is 3. The molecule has 0 aliphatic rings. The fourth-order valence-electron chi connectivity index (χ4n) is 2.65. The molecule has 0 amide bonds. The zero-order valence-electron chi connectivity index (χ0n) is 16.4. The maximum absolute atomic E-state index is 13.9. The van der Waals surface area contributed by atoms with Crippen molar-refractivity contribution in [3.63, 3.8) is 0 Å². The van der Waals surface area contributed by atoms with Gasteiger partial charge in [-0.25, -0.2) is 9.37 Å². The number of nitrogens with one attached hydrogen (secondary N) is 2. The van der Waals surface area contributed by atoms with Gasteiger partial charge < -0.3 is 10.6 Å². The van der Waals surface area contributed by atoms with Crippen molar-refractivity contribution in [1.82, 2.24) is 10.5 Å². The first-order chi connectivity index (χ1) is 14.5. The van der Waals surface area contributed by atoms with Crippen molar-refractivity contribution in [1.29, 1.82) is 5.41 Å². The van der Waals surface area contributed by atoms with E-state index in [1.165, 1.54) is 17.4 Å². The Labute approximate surface area is 184 Å². The van der Waals surface area contributed by atoms with E-state index in [4.69, 9.17) is 16.0 Å². The quantitative estimate of drug-likeness (QED) is 0.142. The maximum Gasteiger partial charge on any atom is 0.419 e. The Morgan fingerprint density at radius 1 is 1.23 bits per heavy atom. The third kappa shape index (κ3) is 5.67. The molecule has 1 heterocycles. The van der Waals surface area contributed by atoms with Crippen LogP contribution in [0.15, 0.2) is 41.3 Å². The summed E-state index contributed by atoms with van der Waals surface area (Å²) in [6.07, 6.45) is -4.73. The summed E-state index contributed by atoms with van der Waals surface area (Å²) >= 11 is 2.88. The number of thiazole rings is 1. The van der Waals surface area contributed by atoms with E-state index in [1.807, 2.05) is 26.0 Å². The summed E-state index contributed by atoms with van der Waals surface area (Å²) in [5.41, 5.74) is 8.09. The number of aryl methyl sites for hydroxylation is 2. The molecule has 0 spiro atoms. The fourth-order valence-corrected chi connectivity index (χ4v) is 4.85. The lowest BCUT2D eigenvalue weighted by Crippen LogP contribution is -2.33. The van der Waals surface area contributed by atoms with E-state index in [2.05, 4.69) is 10.5 Å². The molecule has 11 heteroatoms. The van der Waals surface area contributed by atoms with Gasteiger partial charge in [0.15, 0.2) is 5.75 Å². The highest BCUT2D eigenvalue weighted by Crippen LogP contribution is 2.37. The van der Waals surface area contributed by atoms with Crippen LogP contribution in [-0.4, -0.2) is 10.9 Å². The number of nitrogens with two attached hydrogens (primary N) is 1. The number of nitrogens with zero attached hydrogens (tertiary/aromatic N) is 1. The molecule has 0 aliphatic carbocycles. The van der Waals surface area contributed by atoms with E-state index in [-0.39, 0.29) is 5.96 Å². The Hall–Kier alpha value is -2.79. The lowest BCUT2D eigenvalue weighted by Gasteiger charge is -2.10. The average molecular weight is 471 g/mol. The zero-order chi connectivity index (χ0) is 22.8. The summed E-state index contributed by atoms with van der Waals surface area (Å²) in [5, 5.41) is 7.58. The van der Waals surface area contributed by atoms with Gasteiger partial charge in [0, 0.05) is 21.1 Å². The van der Waals surface area contributed by atoms with E-state index in [0.29, 0.717) is 22.1 Å². The smallest absolute Gasteiger partial charge is 0.379 e. The zero-order valence-corrected chi connectivity index (χ0v) is 18.1. The predicted molar refractivity (Wildman–Crippen MR) is 114 cm³/mol. The second-order valence-electron chi connectivity index (χ2n) is 6.55. The molecular formula is C20H18F4N4OS2. The summed E-state index contributed by atoms with van der Waals surface area (Å²) in [5.74, 6) is -0.481. The molecule has 0 fully saturated rings. The van der Waals surface area contributed by atoms with Gasteiger partial charge in [-0.3, -0.25) is 5.41 Å². The summed E-state index contributed by atoms with van der Waals surface area (Å²) in [6, 6.07) is 8.38. The average Bonchev–Trinajstić information content (AvgIpc) is 3.05. The minimum absolute atomic E-state index is 0.303. The third-order valence-corrected chi connectivity index (χ3v) is 6.61. The van der Waals surface area contributed by atoms with Crippen molar-refractivity contribution in [2.45, 2.75) is 30.7 Å². The highest BCUT2D eigenvalue weighted by atomic mass is 32.2. The van der Waals surface area contributed by atoms with Crippen LogP contribution in [0.3, 0.4) is 0 Å². The standard InChI is InChI=1S/C20H18F4N4OS2/c1-10-7-13(4-6-16(10)29-28-19(25)26)30-9-17-11(2)27-18(31-17)12-3-5-14(15(21)8-12)20(22,23)24/h3-8H,9H2,1-2H3,(H4,25,26,28). The first-order valence-electron chi connectivity index (χ1n) is 8.88. The van der Waals surface area contributed by atoms with Gasteiger partial charge in [-0.1, -0.05) is 6.07 Å². The van der Waals surface area contributed by atoms with Crippen LogP contribution in [0.4, 0.5) is 17.6 Å². The van der Waals surface area contributed by atoms with Gasteiger partial charge in [0.1, 0.15) is 10.8 Å². The van der Waals surface area contributed by atoms with Crippen molar-refractivity contribution >= 4 is 29.1 Å². The Morgan fingerprint density at radius 2 is 1.97 bits per heavy atom. The second kappa shape index (κ2) is 9.15. The molecule has 1 aromatic heterocycles. The predicted octanol–water partition coefficient (Wildman–Crippen LogP) is 5.65. The van der Waals surface area contributed by atoms with Crippen molar-refractivity contribution < 1.29 is 22.4 Å². The highest BCUT2D eigenvalue weighted by molar-refractivity contribution is 7.98. The third-order valence-electron chi connectivity index (χ3n) is 4.20. The van der Waals surface area contributed by atoms with Gasteiger partial charge in [-0.05, 0) is 49.7 Å². The van der Waals surface area contributed by atoms with Crippen molar-refractivity contribution in [3.8, 4) is 16.3 Å². The molecule has 3 aromatic rings. The van der Waals surface area contributed by atoms with Crippen LogP contribution in [0.5, 0.6) is 5.75 Å². The number of aromatic nitrogens is 1. The minimum Gasteiger partial charge on any atom is -0.379 e. The molecule has 0 bridgehead atoms. The van der Waals surface area contributed by atoms with Gasteiger partial charge in [-0.15, -0.1) is 23.1 Å². The lowest BCUT2D eigenvalue weighted by atomic mass is 10.1. The normalized spacial score (nSPS) is 11.4. The number of thioether (sulfide) groups is 1. The van der Waals surface area contributed by atoms with Crippen molar-refractivity contribution in [2.24, 2.45) is 5.73 Å². The Morgan fingerprint density at radius 3 is 2.58 bits per heavy atom. The van der Waals surface area contributed by atoms with Crippen LogP contribution in [0.25, 0.3) is 10.6 Å². The molecule has 5 nitrogen and oxygen atoms in total. The molecular weight excluding hydrogens is 452 g/mol. The molecule has 31 heavy (non-hydrogen) atoms. The van der Waals surface area contributed by atoms with Gasteiger partial charge in [0.2, 0.25) is 5.96 Å². The highest BCUT2D eigenvalue weighted by Gasteiger charge is 2.34. The number of guanidine groups is 1. The topological polar surface area (TPSA) is 84.0 Å². The summed E-state index contributed by atoms with van der Waals surface area (Å²) < 4.78 is 52.2. The van der Waals surface area contributed by atoms with E-state index in [0.717, 1.165) is 33.2 Å². The summed E-state index contributed by atoms with van der Waals surface area (Å²) in [6.45, 7) is 3.67. The minimum atomic E-state index is -4.73. The van der Waals surface area contributed by atoms with Gasteiger partial charge >= 0.3 is 6.18 Å². The fraction of sp³-hybridized carbons (Fsp3) is 0.200. The molecule has 0 saturated carbocycles. The van der Waals surface area contributed by atoms with E-state index >= 15 is 0 Å². The molecule has 0 unspecified atom stereocenters. The first kappa shape index (κ1) is 22.9. The van der Waals surface area contributed by atoms with Gasteiger partial charge in [0.05, 0.1) is 11.3 Å². The van der Waals surface area contributed by atoms with Crippen LogP contribution in [0.1, 0.15) is 21.7 Å². The van der Waals surface area contributed by atoms with E-state index < -0.39 is 17.6 Å². The molecule has 0 atom stereocenters. The van der Waals surface area contributed by atoms with Crippen molar-refractivity contribution in [2.75, 3.05) is 0 Å². The number of rotatable bonds is 6. The molecule has 0 aliphatic heterocycles. The number of hydrogen-bond donors (Lipinski definition) is 3. The SMILES string of the molecule is Cc1cc(SCc2sc(-c3ccc(C(F)(F)F)c(F)c3)nc2C)ccc1ONC(=N)N. The van der Waals surface area contributed by atoms with Crippen LogP contribution in [0.2, 0.25) is 0 Å². The second-order valence-corrected chi connectivity index (χ2v) is 8.69. The number of halogens is 4. The number of hydrogen-bond acceptors (Lipinski definition) is 5. The molecule has 4 N–H and O–H groups in total. The summed E-state index contributed by atoms with van der Waals surface area (Å²) in [4.78, 5) is 11.5. The molecule has 0 radical (unpaired) electrons. The molecule has 164 valence electrons. The van der Waals surface area contributed by atoms with Crippen LogP contribution in [-0.2, 0) is 11.9 Å². The Kier molecular flexibility index (Phi) is 6.75. The van der Waals surface area contributed by atoms with Crippen LogP contribution >= 0.6 is 23.1 Å². The summed E-state index contributed by atoms with van der Waals surface area (Å²) in [7, 11) is 0. The largest absolute Gasteiger partial charge is 0.419 e. The maximum atomic E-state index is 13.9. The molecule has 3 rings (SSSR count). The number of benzene rings is 2. The number of hydroxylamine groups is 1. The lowest BCUT2D eigenvalue weighted by molar-refractivity contribution is -0.139. The Bertz CT molecular complexity index is 1120. The van der Waals surface area contributed by atoms with Crippen molar-refractivity contribution in [3.05, 3.63) is 63.9 Å². The van der Waals surface area contributed by atoms with Crippen LogP contribution < -0.4 is 16.1 Å². The van der Waals surface area contributed by atoms with Gasteiger partial charge in [0.25, 0.3) is 0 Å². The molecule has 2 aromatic carbocycles. The van der Waals surface area contributed by atoms with E-state index in [9.17, 15) is 17.6 Å². The first-order valence-corrected chi connectivity index (χ1v) is 10.7. The van der Waals surface area contributed by atoms with E-state index in [1.54, 1.807) is 17.8 Å². The Balaban J connectivity index is 1.71.